The fraction of sp³-hybridized carbons (Fsp3) is 0.158. The van der Waals surface area contributed by atoms with Crippen LogP contribution in [0.1, 0.15) is 15.9 Å². The first-order chi connectivity index (χ1) is 12.7. The van der Waals surface area contributed by atoms with E-state index in [0.717, 1.165) is 17.7 Å². The number of benzene rings is 1. The minimum Gasteiger partial charge on any atom is -0.497 e. The van der Waals surface area contributed by atoms with Crippen molar-refractivity contribution in [3.63, 3.8) is 0 Å². The molecule has 3 aromatic rings. The molecule has 0 spiro atoms. The Morgan fingerprint density at radius 2 is 1.85 bits per heavy atom. The number of hydrogen-bond donors (Lipinski definition) is 2. The van der Waals surface area contributed by atoms with Gasteiger partial charge in [-0.25, -0.2) is 9.97 Å². The second-order valence-corrected chi connectivity index (χ2v) is 5.50. The summed E-state index contributed by atoms with van der Waals surface area (Å²) in [6.45, 7) is 0.542. The first-order valence-electron chi connectivity index (χ1n) is 8.15. The lowest BCUT2D eigenvalue weighted by atomic mass is 10.1. The second-order valence-electron chi connectivity index (χ2n) is 5.50. The first kappa shape index (κ1) is 17.3. The average Bonchev–Trinajstić information content (AvgIpc) is 2.69. The summed E-state index contributed by atoms with van der Waals surface area (Å²) in [4.78, 5) is 24.6. The highest BCUT2D eigenvalue weighted by Crippen LogP contribution is 2.13. The van der Waals surface area contributed by atoms with E-state index in [4.69, 9.17) is 4.74 Å². The van der Waals surface area contributed by atoms with Gasteiger partial charge in [0.25, 0.3) is 5.91 Å². The Kier molecular flexibility index (Phi) is 5.72. The summed E-state index contributed by atoms with van der Waals surface area (Å²) in [5.41, 5.74) is 1.66. The van der Waals surface area contributed by atoms with Crippen molar-refractivity contribution in [3.8, 4) is 5.75 Å². The molecule has 0 saturated carbocycles. The molecule has 2 N–H and O–H groups in total. The standard InChI is InChI=1S/C19H19N5O2/c1-26-16-4-2-14(3-5-16)6-8-23-19(25)15-7-9-21-17(12-15)24-18-13-20-10-11-22-18/h2-5,7,9-13H,6,8H2,1H3,(H,23,25)(H,21,22,24). The fourth-order valence-electron chi connectivity index (χ4n) is 2.35. The molecule has 0 aliphatic carbocycles. The molecule has 7 nitrogen and oxygen atoms in total. The Bertz CT molecular complexity index is 853. The van der Waals surface area contributed by atoms with E-state index in [2.05, 4.69) is 25.6 Å². The van der Waals surface area contributed by atoms with Crippen LogP contribution in [-0.4, -0.2) is 34.5 Å². The predicted molar refractivity (Wildman–Crippen MR) is 98.6 cm³/mol. The van der Waals surface area contributed by atoms with Gasteiger partial charge in [-0.3, -0.25) is 9.78 Å². The van der Waals surface area contributed by atoms with Gasteiger partial charge in [-0.2, -0.15) is 0 Å². The van der Waals surface area contributed by atoms with Crippen LogP contribution in [0, 0.1) is 0 Å². The van der Waals surface area contributed by atoms with Crippen molar-refractivity contribution in [3.05, 3.63) is 72.3 Å². The van der Waals surface area contributed by atoms with Gasteiger partial charge in [0.15, 0.2) is 0 Å². The van der Waals surface area contributed by atoms with Gasteiger partial charge in [0, 0.05) is 30.7 Å². The largest absolute Gasteiger partial charge is 0.497 e. The highest BCUT2D eigenvalue weighted by molar-refractivity contribution is 5.94. The molecule has 0 fully saturated rings. The number of carbonyl (C=O) groups is 1. The van der Waals surface area contributed by atoms with Crippen LogP contribution in [0.3, 0.4) is 0 Å². The molecule has 0 radical (unpaired) electrons. The maximum absolute atomic E-state index is 12.3. The monoisotopic (exact) mass is 349 g/mol. The Hall–Kier alpha value is -3.48. The molecule has 0 unspecified atom stereocenters. The Morgan fingerprint density at radius 3 is 2.58 bits per heavy atom. The van der Waals surface area contributed by atoms with Crippen molar-refractivity contribution in [1.29, 1.82) is 0 Å². The number of hydrogen-bond acceptors (Lipinski definition) is 6. The number of rotatable bonds is 7. The number of methoxy groups -OCH3 is 1. The van der Waals surface area contributed by atoms with Gasteiger partial charge < -0.3 is 15.4 Å². The van der Waals surface area contributed by atoms with Gasteiger partial charge in [-0.15, -0.1) is 0 Å². The van der Waals surface area contributed by atoms with E-state index >= 15 is 0 Å². The van der Waals surface area contributed by atoms with E-state index in [1.54, 1.807) is 44.0 Å². The average molecular weight is 349 g/mol. The van der Waals surface area contributed by atoms with E-state index in [1.807, 2.05) is 24.3 Å². The zero-order chi connectivity index (χ0) is 18.2. The molecular weight excluding hydrogens is 330 g/mol. The summed E-state index contributed by atoms with van der Waals surface area (Å²) in [5.74, 6) is 1.77. The first-order valence-corrected chi connectivity index (χ1v) is 8.15. The Morgan fingerprint density at radius 1 is 1.04 bits per heavy atom. The summed E-state index contributed by atoms with van der Waals surface area (Å²) in [6, 6.07) is 11.1. The SMILES string of the molecule is COc1ccc(CCNC(=O)c2ccnc(Nc3cnccn3)c2)cc1. The van der Waals surface area contributed by atoms with Crippen LogP contribution in [-0.2, 0) is 6.42 Å². The molecule has 2 heterocycles. The number of carbonyl (C=O) groups excluding carboxylic acids is 1. The molecule has 1 amide bonds. The quantitative estimate of drug-likeness (QED) is 0.681. The van der Waals surface area contributed by atoms with Gasteiger partial charge in [0.2, 0.25) is 0 Å². The van der Waals surface area contributed by atoms with Gasteiger partial charge >= 0.3 is 0 Å². The van der Waals surface area contributed by atoms with Crippen LogP contribution in [0.5, 0.6) is 5.75 Å². The van der Waals surface area contributed by atoms with Gasteiger partial charge in [0.1, 0.15) is 17.4 Å². The van der Waals surface area contributed by atoms with Crippen LogP contribution in [0.15, 0.2) is 61.2 Å². The number of aromatic nitrogens is 3. The van der Waals surface area contributed by atoms with Gasteiger partial charge in [0.05, 0.1) is 13.3 Å². The molecule has 1 aromatic carbocycles. The minimum absolute atomic E-state index is 0.150. The smallest absolute Gasteiger partial charge is 0.251 e. The Labute approximate surface area is 151 Å². The third kappa shape index (κ3) is 4.76. The van der Waals surface area contributed by atoms with Crippen molar-refractivity contribution in [2.75, 3.05) is 19.0 Å². The van der Waals surface area contributed by atoms with Gasteiger partial charge in [-0.05, 0) is 36.2 Å². The van der Waals surface area contributed by atoms with Crippen LogP contribution >= 0.6 is 0 Å². The molecule has 0 atom stereocenters. The number of amides is 1. The summed E-state index contributed by atoms with van der Waals surface area (Å²) in [5, 5.41) is 5.93. The lowest BCUT2D eigenvalue weighted by Gasteiger charge is -2.08. The Balaban J connectivity index is 1.55. The number of nitrogens with zero attached hydrogens (tertiary/aromatic N) is 3. The summed E-state index contributed by atoms with van der Waals surface area (Å²) < 4.78 is 5.13. The van der Waals surface area contributed by atoms with E-state index in [1.165, 1.54) is 0 Å². The number of anilines is 2. The summed E-state index contributed by atoms with van der Waals surface area (Å²) in [6.07, 6.45) is 7.08. The maximum Gasteiger partial charge on any atom is 0.251 e. The lowest BCUT2D eigenvalue weighted by molar-refractivity contribution is 0.0954. The molecule has 7 heteroatoms. The summed E-state index contributed by atoms with van der Waals surface area (Å²) in [7, 11) is 1.64. The van der Waals surface area contributed by atoms with E-state index in [-0.39, 0.29) is 5.91 Å². The third-order valence-corrected chi connectivity index (χ3v) is 3.70. The lowest BCUT2D eigenvalue weighted by Crippen LogP contribution is -2.25. The zero-order valence-corrected chi connectivity index (χ0v) is 14.3. The summed E-state index contributed by atoms with van der Waals surface area (Å²) >= 11 is 0. The normalized spacial score (nSPS) is 10.2. The maximum atomic E-state index is 12.3. The van der Waals surface area contributed by atoms with Crippen LogP contribution in [0.4, 0.5) is 11.6 Å². The number of ether oxygens (including phenoxy) is 1. The fourth-order valence-corrected chi connectivity index (χ4v) is 2.35. The predicted octanol–water partition coefficient (Wildman–Crippen LogP) is 2.60. The highest BCUT2D eigenvalue weighted by Gasteiger charge is 2.07. The third-order valence-electron chi connectivity index (χ3n) is 3.70. The zero-order valence-electron chi connectivity index (χ0n) is 14.3. The molecular formula is C19H19N5O2. The molecule has 0 saturated heterocycles. The van der Waals surface area contributed by atoms with E-state index < -0.39 is 0 Å². The molecule has 3 rings (SSSR count). The molecule has 0 aliphatic heterocycles. The molecule has 26 heavy (non-hydrogen) atoms. The molecule has 132 valence electrons. The molecule has 0 bridgehead atoms. The topological polar surface area (TPSA) is 89.0 Å². The second kappa shape index (κ2) is 8.57. The van der Waals surface area contributed by atoms with Gasteiger partial charge in [-0.1, -0.05) is 12.1 Å². The molecule has 2 aromatic heterocycles. The van der Waals surface area contributed by atoms with Crippen molar-refractivity contribution < 1.29 is 9.53 Å². The highest BCUT2D eigenvalue weighted by atomic mass is 16.5. The van der Waals surface area contributed by atoms with Crippen molar-refractivity contribution in [2.45, 2.75) is 6.42 Å². The van der Waals surface area contributed by atoms with Crippen molar-refractivity contribution >= 4 is 17.5 Å². The number of pyridine rings is 1. The van der Waals surface area contributed by atoms with Crippen LogP contribution in [0.2, 0.25) is 0 Å². The number of nitrogens with one attached hydrogen (secondary N) is 2. The van der Waals surface area contributed by atoms with Crippen LogP contribution in [0.25, 0.3) is 0 Å². The van der Waals surface area contributed by atoms with E-state index in [9.17, 15) is 4.79 Å². The minimum atomic E-state index is -0.150. The van der Waals surface area contributed by atoms with Crippen molar-refractivity contribution in [2.24, 2.45) is 0 Å². The molecule has 0 aliphatic rings. The van der Waals surface area contributed by atoms with E-state index in [0.29, 0.717) is 23.7 Å². The van der Waals surface area contributed by atoms with Crippen molar-refractivity contribution in [1.82, 2.24) is 20.3 Å². The van der Waals surface area contributed by atoms with Crippen LogP contribution < -0.4 is 15.4 Å².